The van der Waals surface area contributed by atoms with Crippen molar-refractivity contribution >= 4 is 43.7 Å². The second-order valence-electron chi connectivity index (χ2n) is 4.43. The molecule has 0 fully saturated rings. The van der Waals surface area contributed by atoms with Crippen LogP contribution >= 0.6 is 22.9 Å². The SMILES string of the molecule is CN(C)CCNc1c(N([O-])O)sc2ccc(Cl)cc12. The molecule has 0 saturated heterocycles. The lowest BCUT2D eigenvalue weighted by molar-refractivity contribution is 0.299. The molecule has 2 rings (SSSR count). The molecule has 0 aliphatic carbocycles. The topological polar surface area (TPSA) is 61.8 Å². The third-order valence-corrected chi connectivity index (χ3v) is 4.03. The first-order chi connectivity index (χ1) is 8.99. The minimum atomic E-state index is -0.101. The van der Waals surface area contributed by atoms with Crippen LogP contribution in [-0.2, 0) is 0 Å². The molecule has 0 amide bonds. The lowest BCUT2D eigenvalue weighted by atomic mass is 10.2. The number of rotatable bonds is 5. The van der Waals surface area contributed by atoms with Gasteiger partial charge in [0, 0.05) is 28.2 Å². The van der Waals surface area contributed by atoms with Crippen LogP contribution in [0.3, 0.4) is 0 Å². The Kier molecular flexibility index (Phi) is 4.49. The molecule has 2 N–H and O–H groups in total. The third-order valence-electron chi connectivity index (χ3n) is 2.67. The third kappa shape index (κ3) is 3.29. The van der Waals surface area contributed by atoms with Gasteiger partial charge in [-0.3, -0.25) is 5.21 Å². The highest BCUT2D eigenvalue weighted by molar-refractivity contribution is 7.23. The van der Waals surface area contributed by atoms with Crippen molar-refractivity contribution in [1.29, 1.82) is 0 Å². The summed E-state index contributed by atoms with van der Waals surface area (Å²) >= 11 is 7.21. The molecule has 5 nitrogen and oxygen atoms in total. The van der Waals surface area contributed by atoms with Crippen LogP contribution in [0.15, 0.2) is 18.2 Å². The standard InChI is InChI=1S/C12H15ClN3O2S/c1-15(2)6-5-14-11-9-7-8(13)3-4-10(9)19-12(11)16(17)18/h3-4,7,14,17H,5-6H2,1-2H3/q-1. The summed E-state index contributed by atoms with van der Waals surface area (Å²) in [6.45, 7) is 1.49. The Balaban J connectivity index is 2.36. The number of halogens is 1. The van der Waals surface area contributed by atoms with Gasteiger partial charge in [-0.05, 0) is 32.3 Å². The largest absolute Gasteiger partial charge is 0.733 e. The Morgan fingerprint density at radius 3 is 2.79 bits per heavy atom. The lowest BCUT2D eigenvalue weighted by Gasteiger charge is -2.22. The Labute approximate surface area is 120 Å². The van der Waals surface area contributed by atoms with Gasteiger partial charge in [0.15, 0.2) is 0 Å². The van der Waals surface area contributed by atoms with E-state index < -0.39 is 0 Å². The molecular weight excluding hydrogens is 286 g/mol. The summed E-state index contributed by atoms with van der Waals surface area (Å²) in [5.74, 6) is 0. The summed E-state index contributed by atoms with van der Waals surface area (Å²) in [5.41, 5.74) is 0.627. The molecule has 1 heterocycles. The Hall–Kier alpha value is -1.05. The van der Waals surface area contributed by atoms with Crippen molar-refractivity contribution in [3.63, 3.8) is 0 Å². The second kappa shape index (κ2) is 5.94. The van der Waals surface area contributed by atoms with Gasteiger partial charge < -0.3 is 20.7 Å². The van der Waals surface area contributed by atoms with Crippen molar-refractivity contribution in [1.82, 2.24) is 4.90 Å². The second-order valence-corrected chi connectivity index (χ2v) is 5.89. The van der Waals surface area contributed by atoms with Crippen molar-refractivity contribution in [2.24, 2.45) is 0 Å². The van der Waals surface area contributed by atoms with Gasteiger partial charge in [0.1, 0.15) is 5.00 Å². The summed E-state index contributed by atoms with van der Waals surface area (Å²) in [7, 11) is 3.94. The Morgan fingerprint density at radius 1 is 1.42 bits per heavy atom. The van der Waals surface area contributed by atoms with Gasteiger partial charge in [-0.15, -0.1) is 11.3 Å². The van der Waals surface area contributed by atoms with E-state index in [-0.39, 0.29) is 10.2 Å². The number of hydrogen-bond donors (Lipinski definition) is 2. The summed E-state index contributed by atoms with van der Waals surface area (Å²) in [6.07, 6.45) is 0. The van der Waals surface area contributed by atoms with Crippen molar-refractivity contribution in [3.05, 3.63) is 28.4 Å². The first kappa shape index (κ1) is 14.4. The van der Waals surface area contributed by atoms with Gasteiger partial charge in [-0.1, -0.05) is 11.6 Å². The van der Waals surface area contributed by atoms with E-state index in [0.717, 1.165) is 16.6 Å². The predicted molar refractivity (Wildman–Crippen MR) is 81.5 cm³/mol. The summed E-state index contributed by atoms with van der Waals surface area (Å²) in [6, 6.07) is 5.39. The molecular formula is C12H15ClN3O2S-. The molecule has 0 aliphatic rings. The highest BCUT2D eigenvalue weighted by Gasteiger charge is 2.13. The first-order valence-corrected chi connectivity index (χ1v) is 6.95. The van der Waals surface area contributed by atoms with E-state index in [1.165, 1.54) is 11.3 Å². The smallest absolute Gasteiger partial charge is 0.129 e. The van der Waals surface area contributed by atoms with Crippen molar-refractivity contribution in [3.8, 4) is 0 Å². The number of likely N-dealkylation sites (N-methyl/N-ethyl adjacent to an activating group) is 1. The van der Waals surface area contributed by atoms with Gasteiger partial charge >= 0.3 is 0 Å². The summed E-state index contributed by atoms with van der Waals surface area (Å²) in [4.78, 5) is 2.03. The molecule has 19 heavy (non-hydrogen) atoms. The summed E-state index contributed by atoms with van der Waals surface area (Å²) in [5, 5.41) is 25.2. The molecule has 2 aromatic rings. The van der Waals surface area contributed by atoms with E-state index in [1.54, 1.807) is 12.1 Å². The maximum atomic E-state index is 11.2. The number of anilines is 2. The number of benzene rings is 1. The number of hydrogen-bond acceptors (Lipinski definition) is 6. The van der Waals surface area contributed by atoms with Crippen LogP contribution < -0.4 is 10.5 Å². The highest BCUT2D eigenvalue weighted by atomic mass is 35.5. The van der Waals surface area contributed by atoms with Crippen molar-refractivity contribution in [2.75, 3.05) is 37.7 Å². The molecule has 0 atom stereocenters. The zero-order valence-electron chi connectivity index (χ0n) is 10.7. The number of fused-ring (bicyclic) bond motifs is 1. The van der Waals surface area contributed by atoms with Gasteiger partial charge in [-0.2, -0.15) is 0 Å². The Morgan fingerprint density at radius 2 is 2.16 bits per heavy atom. The minimum Gasteiger partial charge on any atom is -0.733 e. The van der Waals surface area contributed by atoms with E-state index in [0.29, 0.717) is 17.3 Å². The first-order valence-electron chi connectivity index (χ1n) is 5.76. The van der Waals surface area contributed by atoms with E-state index in [9.17, 15) is 10.4 Å². The average molecular weight is 301 g/mol. The van der Waals surface area contributed by atoms with Crippen LogP contribution in [0.25, 0.3) is 10.1 Å². The minimum absolute atomic E-state index is 0.101. The van der Waals surface area contributed by atoms with Crippen LogP contribution in [0.2, 0.25) is 5.02 Å². The van der Waals surface area contributed by atoms with Gasteiger partial charge in [-0.25, -0.2) is 0 Å². The Bertz CT molecular complexity index is 571. The van der Waals surface area contributed by atoms with E-state index in [2.05, 4.69) is 5.32 Å². The lowest BCUT2D eigenvalue weighted by Crippen LogP contribution is -2.21. The van der Waals surface area contributed by atoms with Crippen LogP contribution in [0.4, 0.5) is 10.7 Å². The molecule has 104 valence electrons. The normalized spacial score (nSPS) is 11.3. The van der Waals surface area contributed by atoms with Crippen LogP contribution in [-0.4, -0.2) is 37.3 Å². The van der Waals surface area contributed by atoms with Gasteiger partial charge in [0.25, 0.3) is 0 Å². The van der Waals surface area contributed by atoms with Gasteiger partial charge in [0.2, 0.25) is 0 Å². The maximum absolute atomic E-state index is 11.2. The number of nitrogens with one attached hydrogen (secondary N) is 1. The van der Waals surface area contributed by atoms with Gasteiger partial charge in [0.05, 0.1) is 5.69 Å². The molecule has 0 bridgehead atoms. The monoisotopic (exact) mass is 300 g/mol. The molecule has 0 unspecified atom stereocenters. The maximum Gasteiger partial charge on any atom is 0.129 e. The average Bonchev–Trinajstić information content (AvgIpc) is 2.67. The van der Waals surface area contributed by atoms with E-state index in [4.69, 9.17) is 11.6 Å². The zero-order valence-corrected chi connectivity index (χ0v) is 12.3. The van der Waals surface area contributed by atoms with E-state index in [1.807, 2.05) is 25.1 Å². The molecule has 0 aliphatic heterocycles. The van der Waals surface area contributed by atoms with Crippen LogP contribution in [0.5, 0.6) is 0 Å². The summed E-state index contributed by atoms with van der Waals surface area (Å²) < 4.78 is 0.904. The fraction of sp³-hybridized carbons (Fsp3) is 0.333. The number of thiophene rings is 1. The molecule has 0 saturated carbocycles. The van der Waals surface area contributed by atoms with Crippen LogP contribution in [0.1, 0.15) is 0 Å². The molecule has 1 aromatic heterocycles. The molecule has 1 aromatic carbocycles. The van der Waals surface area contributed by atoms with Crippen molar-refractivity contribution < 1.29 is 5.21 Å². The molecule has 7 heteroatoms. The number of nitrogens with zero attached hydrogens (tertiary/aromatic N) is 2. The van der Waals surface area contributed by atoms with Crippen LogP contribution in [0, 0.1) is 5.21 Å². The van der Waals surface area contributed by atoms with E-state index >= 15 is 0 Å². The molecule has 0 spiro atoms. The molecule has 0 radical (unpaired) electrons. The zero-order chi connectivity index (χ0) is 14.0. The highest BCUT2D eigenvalue weighted by Crippen LogP contribution is 2.42. The predicted octanol–water partition coefficient (Wildman–Crippen LogP) is 3.22. The quantitative estimate of drug-likeness (QED) is 0.830. The van der Waals surface area contributed by atoms with Crippen molar-refractivity contribution in [2.45, 2.75) is 0 Å². The fourth-order valence-corrected chi connectivity index (χ4v) is 2.92. The fourth-order valence-electron chi connectivity index (χ4n) is 1.77.